The molecule has 1 amide bonds. The van der Waals surface area contributed by atoms with E-state index in [1.165, 1.54) is 0 Å². The van der Waals surface area contributed by atoms with Gasteiger partial charge in [0.2, 0.25) is 0 Å². The van der Waals surface area contributed by atoms with Gasteiger partial charge in [-0.25, -0.2) is 5.43 Å². The van der Waals surface area contributed by atoms with Crippen molar-refractivity contribution >= 4 is 12.1 Å². The zero-order valence-electron chi connectivity index (χ0n) is 12.8. The number of para-hydroxylation sites is 1. The minimum absolute atomic E-state index is 0.287. The van der Waals surface area contributed by atoms with E-state index in [4.69, 9.17) is 4.74 Å². The van der Waals surface area contributed by atoms with E-state index < -0.39 is 0 Å². The van der Waals surface area contributed by atoms with Crippen molar-refractivity contribution in [3.8, 4) is 11.5 Å². The summed E-state index contributed by atoms with van der Waals surface area (Å²) in [6.07, 6.45) is 4.68. The number of hydrogen-bond donors (Lipinski definition) is 1. The van der Waals surface area contributed by atoms with Crippen LogP contribution in [-0.2, 0) is 0 Å². The van der Waals surface area contributed by atoms with Gasteiger partial charge in [0, 0.05) is 18.0 Å². The maximum absolute atomic E-state index is 11.9. The number of hydrogen-bond acceptors (Lipinski definition) is 4. The van der Waals surface area contributed by atoms with Crippen molar-refractivity contribution in [2.24, 2.45) is 5.10 Å². The van der Waals surface area contributed by atoms with Gasteiger partial charge < -0.3 is 4.74 Å². The predicted octanol–water partition coefficient (Wildman–Crippen LogP) is 3.64. The van der Waals surface area contributed by atoms with Crippen LogP contribution in [0.4, 0.5) is 0 Å². The minimum Gasteiger partial charge on any atom is -0.457 e. The third-order valence-corrected chi connectivity index (χ3v) is 3.16. The lowest BCUT2D eigenvalue weighted by molar-refractivity contribution is 0.0955. The molecule has 2 aromatic carbocycles. The Kier molecular flexibility index (Phi) is 4.94. The van der Waals surface area contributed by atoms with Crippen LogP contribution >= 0.6 is 0 Å². The monoisotopic (exact) mass is 317 g/mol. The van der Waals surface area contributed by atoms with Crippen LogP contribution in [0, 0.1) is 0 Å². The SMILES string of the molecule is O=C(NN=Cc1cccc(Oc2ccccc2)c1)c1ccncc1. The highest BCUT2D eigenvalue weighted by atomic mass is 16.5. The summed E-state index contributed by atoms with van der Waals surface area (Å²) in [6, 6.07) is 20.2. The lowest BCUT2D eigenvalue weighted by atomic mass is 10.2. The highest BCUT2D eigenvalue weighted by Gasteiger charge is 2.02. The molecule has 118 valence electrons. The van der Waals surface area contributed by atoms with Crippen LogP contribution in [0.25, 0.3) is 0 Å². The first-order chi connectivity index (χ1) is 11.8. The first-order valence-corrected chi connectivity index (χ1v) is 7.38. The number of aromatic nitrogens is 1. The summed E-state index contributed by atoms with van der Waals surface area (Å²) in [7, 11) is 0. The second-order valence-electron chi connectivity index (χ2n) is 4.92. The van der Waals surface area contributed by atoms with Gasteiger partial charge in [-0.05, 0) is 42.0 Å². The molecule has 0 bridgehead atoms. The fraction of sp³-hybridized carbons (Fsp3) is 0. The van der Waals surface area contributed by atoms with Crippen LogP contribution in [0.5, 0.6) is 11.5 Å². The molecule has 5 nitrogen and oxygen atoms in total. The van der Waals surface area contributed by atoms with E-state index in [-0.39, 0.29) is 5.91 Å². The molecule has 3 aromatic rings. The van der Waals surface area contributed by atoms with E-state index in [9.17, 15) is 4.79 Å². The van der Waals surface area contributed by atoms with Crippen molar-refractivity contribution < 1.29 is 9.53 Å². The number of ether oxygens (including phenoxy) is 1. The second kappa shape index (κ2) is 7.69. The third kappa shape index (κ3) is 4.27. The number of nitrogens with zero attached hydrogens (tertiary/aromatic N) is 2. The van der Waals surface area contributed by atoms with Crippen molar-refractivity contribution in [2.75, 3.05) is 0 Å². The number of nitrogens with one attached hydrogen (secondary N) is 1. The van der Waals surface area contributed by atoms with Crippen LogP contribution in [-0.4, -0.2) is 17.1 Å². The molecule has 0 atom stereocenters. The summed E-state index contributed by atoms with van der Waals surface area (Å²) in [5.41, 5.74) is 3.80. The number of carbonyl (C=O) groups is 1. The van der Waals surface area contributed by atoms with Crippen LogP contribution < -0.4 is 10.2 Å². The Hall–Kier alpha value is -3.47. The molecule has 0 radical (unpaired) electrons. The summed E-state index contributed by atoms with van der Waals surface area (Å²) >= 11 is 0. The normalized spacial score (nSPS) is 10.5. The van der Waals surface area contributed by atoms with Crippen LogP contribution in [0.3, 0.4) is 0 Å². The Bertz CT molecular complexity index is 834. The van der Waals surface area contributed by atoms with E-state index in [1.54, 1.807) is 30.7 Å². The van der Waals surface area contributed by atoms with Crippen LogP contribution in [0.2, 0.25) is 0 Å². The smallest absolute Gasteiger partial charge is 0.271 e. The Morgan fingerprint density at radius 2 is 1.71 bits per heavy atom. The molecule has 0 unspecified atom stereocenters. The number of amides is 1. The Labute approximate surface area is 139 Å². The second-order valence-corrected chi connectivity index (χ2v) is 4.92. The average molecular weight is 317 g/mol. The first kappa shape index (κ1) is 15.4. The van der Waals surface area contributed by atoms with Gasteiger partial charge in [-0.2, -0.15) is 5.10 Å². The molecule has 0 aliphatic heterocycles. The standard InChI is InChI=1S/C19H15N3O2/c23-19(16-9-11-20-12-10-16)22-21-14-15-5-4-8-18(13-15)24-17-6-2-1-3-7-17/h1-14H,(H,22,23). The molecular weight excluding hydrogens is 302 g/mol. The van der Waals surface area contributed by atoms with E-state index in [0.29, 0.717) is 11.3 Å². The van der Waals surface area contributed by atoms with Crippen molar-refractivity contribution in [1.29, 1.82) is 0 Å². The minimum atomic E-state index is -0.287. The number of carbonyl (C=O) groups excluding carboxylic acids is 1. The van der Waals surface area contributed by atoms with Gasteiger partial charge in [0.1, 0.15) is 11.5 Å². The van der Waals surface area contributed by atoms with Gasteiger partial charge in [-0.3, -0.25) is 9.78 Å². The quantitative estimate of drug-likeness (QED) is 0.577. The lowest BCUT2D eigenvalue weighted by Crippen LogP contribution is -2.17. The van der Waals surface area contributed by atoms with Crippen LogP contribution in [0.1, 0.15) is 15.9 Å². The summed E-state index contributed by atoms with van der Waals surface area (Å²) in [5.74, 6) is 1.17. The zero-order chi connectivity index (χ0) is 16.6. The fourth-order valence-corrected chi connectivity index (χ4v) is 2.02. The number of pyridine rings is 1. The maximum atomic E-state index is 11.9. The number of hydrazone groups is 1. The van der Waals surface area contributed by atoms with Gasteiger partial charge in [-0.1, -0.05) is 30.3 Å². The third-order valence-electron chi connectivity index (χ3n) is 3.16. The molecule has 0 fully saturated rings. The highest BCUT2D eigenvalue weighted by Crippen LogP contribution is 2.21. The van der Waals surface area contributed by atoms with Gasteiger partial charge in [0.05, 0.1) is 6.21 Å². The molecule has 0 saturated heterocycles. The van der Waals surface area contributed by atoms with Crippen molar-refractivity contribution in [3.05, 3.63) is 90.3 Å². The summed E-state index contributed by atoms with van der Waals surface area (Å²) in [5, 5.41) is 3.97. The Balaban J connectivity index is 1.63. The molecule has 3 rings (SSSR count). The topological polar surface area (TPSA) is 63.6 Å². The Morgan fingerprint density at radius 3 is 2.50 bits per heavy atom. The summed E-state index contributed by atoms with van der Waals surface area (Å²) in [6.45, 7) is 0. The van der Waals surface area contributed by atoms with Gasteiger partial charge >= 0.3 is 0 Å². The molecule has 5 heteroatoms. The van der Waals surface area contributed by atoms with Gasteiger partial charge in [-0.15, -0.1) is 0 Å². The fourth-order valence-electron chi connectivity index (χ4n) is 2.02. The number of benzene rings is 2. The summed E-state index contributed by atoms with van der Waals surface area (Å²) < 4.78 is 5.76. The highest BCUT2D eigenvalue weighted by molar-refractivity contribution is 5.94. The molecule has 0 spiro atoms. The Morgan fingerprint density at radius 1 is 0.958 bits per heavy atom. The average Bonchev–Trinajstić information content (AvgIpc) is 2.63. The van der Waals surface area contributed by atoms with E-state index >= 15 is 0 Å². The van der Waals surface area contributed by atoms with E-state index in [0.717, 1.165) is 11.3 Å². The van der Waals surface area contributed by atoms with Gasteiger partial charge in [0.15, 0.2) is 0 Å². The molecule has 0 aliphatic rings. The summed E-state index contributed by atoms with van der Waals surface area (Å²) in [4.78, 5) is 15.7. The van der Waals surface area contributed by atoms with E-state index in [2.05, 4.69) is 15.5 Å². The largest absolute Gasteiger partial charge is 0.457 e. The first-order valence-electron chi connectivity index (χ1n) is 7.38. The van der Waals surface area contributed by atoms with Crippen molar-refractivity contribution in [2.45, 2.75) is 0 Å². The zero-order valence-corrected chi connectivity index (χ0v) is 12.8. The lowest BCUT2D eigenvalue weighted by Gasteiger charge is -2.05. The number of rotatable bonds is 5. The van der Waals surface area contributed by atoms with Crippen molar-refractivity contribution in [3.63, 3.8) is 0 Å². The molecule has 1 aromatic heterocycles. The predicted molar refractivity (Wildman–Crippen MR) is 92.3 cm³/mol. The maximum Gasteiger partial charge on any atom is 0.271 e. The van der Waals surface area contributed by atoms with Crippen LogP contribution in [0.15, 0.2) is 84.2 Å². The molecule has 1 heterocycles. The van der Waals surface area contributed by atoms with E-state index in [1.807, 2.05) is 54.6 Å². The molecule has 0 saturated carbocycles. The molecule has 0 aliphatic carbocycles. The van der Waals surface area contributed by atoms with Crippen molar-refractivity contribution in [1.82, 2.24) is 10.4 Å². The van der Waals surface area contributed by atoms with Gasteiger partial charge in [0.25, 0.3) is 5.91 Å². The molecule has 24 heavy (non-hydrogen) atoms. The molecule has 1 N–H and O–H groups in total. The molecular formula is C19H15N3O2.